The van der Waals surface area contributed by atoms with Crippen molar-refractivity contribution in [2.24, 2.45) is 0 Å². The molecular formula is C16H21FN2O2S. The molecule has 22 heavy (non-hydrogen) atoms. The van der Waals surface area contributed by atoms with Crippen molar-refractivity contribution in [1.82, 2.24) is 10.2 Å². The summed E-state index contributed by atoms with van der Waals surface area (Å²) in [5.74, 6) is -0.142. The first kappa shape index (κ1) is 16.8. The van der Waals surface area contributed by atoms with Gasteiger partial charge in [-0.2, -0.15) is 0 Å². The summed E-state index contributed by atoms with van der Waals surface area (Å²) in [7, 11) is 0. The fourth-order valence-corrected chi connectivity index (χ4v) is 3.92. The van der Waals surface area contributed by atoms with E-state index in [1.807, 2.05) is 13.8 Å². The van der Waals surface area contributed by atoms with E-state index in [4.69, 9.17) is 0 Å². The van der Waals surface area contributed by atoms with Crippen LogP contribution in [0.5, 0.6) is 0 Å². The van der Waals surface area contributed by atoms with Gasteiger partial charge in [0, 0.05) is 18.7 Å². The molecule has 1 aliphatic heterocycles. The lowest BCUT2D eigenvalue weighted by Crippen LogP contribution is -2.49. The van der Waals surface area contributed by atoms with Crippen molar-refractivity contribution in [3.8, 4) is 0 Å². The number of hydrogen-bond donors (Lipinski definition) is 1. The quantitative estimate of drug-likeness (QED) is 0.926. The zero-order valence-corrected chi connectivity index (χ0v) is 13.8. The van der Waals surface area contributed by atoms with Crippen LogP contribution in [0.15, 0.2) is 24.3 Å². The van der Waals surface area contributed by atoms with Crippen molar-refractivity contribution in [2.45, 2.75) is 44.6 Å². The summed E-state index contributed by atoms with van der Waals surface area (Å²) < 4.78 is 13.4. The molecule has 1 aliphatic rings. The van der Waals surface area contributed by atoms with Crippen molar-refractivity contribution >= 4 is 23.6 Å². The third-order valence-electron chi connectivity index (χ3n) is 3.80. The summed E-state index contributed by atoms with van der Waals surface area (Å²) in [5, 5.41) is 2.60. The van der Waals surface area contributed by atoms with Gasteiger partial charge in [-0.3, -0.25) is 9.59 Å². The van der Waals surface area contributed by atoms with E-state index in [1.54, 1.807) is 17.0 Å². The Balaban J connectivity index is 2.21. The lowest BCUT2D eigenvalue weighted by atomic mass is 10.1. The highest BCUT2D eigenvalue weighted by atomic mass is 32.2. The normalized spacial score (nSPS) is 22.5. The zero-order valence-electron chi connectivity index (χ0n) is 13.0. The lowest BCUT2D eigenvalue weighted by molar-refractivity contribution is -0.138. The van der Waals surface area contributed by atoms with Crippen LogP contribution in [0.2, 0.25) is 0 Å². The van der Waals surface area contributed by atoms with Crippen LogP contribution in [0.1, 0.15) is 38.1 Å². The molecule has 0 aliphatic carbocycles. The molecule has 1 saturated heterocycles. The van der Waals surface area contributed by atoms with Crippen molar-refractivity contribution in [3.05, 3.63) is 35.6 Å². The van der Waals surface area contributed by atoms with E-state index < -0.39 is 6.04 Å². The maximum absolute atomic E-state index is 13.4. The third kappa shape index (κ3) is 3.61. The molecule has 1 aromatic rings. The van der Waals surface area contributed by atoms with Crippen LogP contribution in [0.25, 0.3) is 0 Å². The molecule has 2 amide bonds. The second-order valence-electron chi connectivity index (χ2n) is 5.50. The summed E-state index contributed by atoms with van der Waals surface area (Å²) in [5.41, 5.74) is 0.707. The number of carbonyl (C=O) groups excluding carboxylic acids is 2. The number of nitrogens with one attached hydrogen (secondary N) is 1. The van der Waals surface area contributed by atoms with E-state index >= 15 is 0 Å². The van der Waals surface area contributed by atoms with Gasteiger partial charge < -0.3 is 10.2 Å². The Bertz CT molecular complexity index is 567. The molecule has 0 bridgehead atoms. The summed E-state index contributed by atoms with van der Waals surface area (Å²) in [4.78, 5) is 26.0. The van der Waals surface area contributed by atoms with Gasteiger partial charge in [0.25, 0.3) is 0 Å². The van der Waals surface area contributed by atoms with Gasteiger partial charge in [-0.25, -0.2) is 4.39 Å². The fraction of sp³-hybridized carbons (Fsp3) is 0.500. The van der Waals surface area contributed by atoms with Crippen LogP contribution in [0, 0.1) is 5.82 Å². The van der Waals surface area contributed by atoms with Crippen LogP contribution >= 0.6 is 11.8 Å². The number of carbonyl (C=O) groups is 2. The summed E-state index contributed by atoms with van der Waals surface area (Å²) in [6.07, 6.45) is 0.832. The van der Waals surface area contributed by atoms with E-state index in [9.17, 15) is 14.0 Å². The van der Waals surface area contributed by atoms with E-state index in [0.29, 0.717) is 11.3 Å². The second kappa shape index (κ2) is 7.13. The lowest BCUT2D eigenvalue weighted by Gasteiger charge is -2.28. The van der Waals surface area contributed by atoms with Crippen LogP contribution in [-0.4, -0.2) is 34.6 Å². The Morgan fingerprint density at radius 1 is 1.50 bits per heavy atom. The third-order valence-corrected chi connectivity index (χ3v) is 5.12. The number of thioether (sulfide) groups is 1. The Kier molecular flexibility index (Phi) is 5.45. The van der Waals surface area contributed by atoms with Gasteiger partial charge in [0.15, 0.2) is 0 Å². The number of nitrogens with zero attached hydrogens (tertiary/aromatic N) is 1. The van der Waals surface area contributed by atoms with Crippen LogP contribution in [0.4, 0.5) is 4.39 Å². The molecular weight excluding hydrogens is 303 g/mol. The van der Waals surface area contributed by atoms with E-state index in [0.717, 1.165) is 6.42 Å². The monoisotopic (exact) mass is 324 g/mol. The number of rotatable bonds is 4. The van der Waals surface area contributed by atoms with Crippen molar-refractivity contribution in [3.63, 3.8) is 0 Å². The molecule has 6 heteroatoms. The van der Waals surface area contributed by atoms with Gasteiger partial charge >= 0.3 is 0 Å². The first-order chi connectivity index (χ1) is 10.4. The Labute approximate surface area is 134 Å². The first-order valence-electron chi connectivity index (χ1n) is 7.40. The second-order valence-corrected chi connectivity index (χ2v) is 6.61. The highest BCUT2D eigenvalue weighted by Gasteiger charge is 2.41. The van der Waals surface area contributed by atoms with Gasteiger partial charge in [-0.1, -0.05) is 19.1 Å². The molecule has 1 heterocycles. The van der Waals surface area contributed by atoms with Crippen LogP contribution < -0.4 is 5.32 Å². The number of benzene rings is 1. The Hall–Kier alpha value is -1.56. The molecule has 0 saturated carbocycles. The van der Waals surface area contributed by atoms with Crippen LogP contribution in [-0.2, 0) is 9.59 Å². The molecule has 3 atom stereocenters. The van der Waals surface area contributed by atoms with Gasteiger partial charge in [0.05, 0.1) is 0 Å². The average Bonchev–Trinajstić information content (AvgIpc) is 2.92. The number of amides is 2. The Morgan fingerprint density at radius 2 is 2.23 bits per heavy atom. The molecule has 0 radical (unpaired) electrons. The molecule has 3 unspecified atom stereocenters. The Morgan fingerprint density at radius 3 is 2.82 bits per heavy atom. The summed E-state index contributed by atoms with van der Waals surface area (Å²) in [6.45, 7) is 5.37. The van der Waals surface area contributed by atoms with E-state index in [-0.39, 0.29) is 29.0 Å². The molecule has 1 N–H and O–H groups in total. The predicted molar refractivity (Wildman–Crippen MR) is 85.8 cm³/mol. The molecule has 2 rings (SSSR count). The highest BCUT2D eigenvalue weighted by molar-refractivity contribution is 7.99. The maximum atomic E-state index is 13.4. The zero-order chi connectivity index (χ0) is 16.3. The highest BCUT2D eigenvalue weighted by Crippen LogP contribution is 2.41. The van der Waals surface area contributed by atoms with E-state index in [2.05, 4.69) is 5.32 Å². The minimum atomic E-state index is -0.509. The largest absolute Gasteiger partial charge is 0.352 e. The molecule has 4 nitrogen and oxygen atoms in total. The van der Waals surface area contributed by atoms with Gasteiger partial charge in [-0.15, -0.1) is 11.8 Å². The standard InChI is InChI=1S/C16H21FN2O2S/c1-4-10(2)18-15(21)14-9-22-16(19(14)11(3)20)12-6-5-7-13(17)8-12/h5-8,10,14,16H,4,9H2,1-3H3,(H,18,21). The smallest absolute Gasteiger partial charge is 0.243 e. The van der Waals surface area contributed by atoms with Crippen LogP contribution in [0.3, 0.4) is 0 Å². The van der Waals surface area contributed by atoms with Crippen molar-refractivity contribution < 1.29 is 14.0 Å². The minimum absolute atomic E-state index is 0.0690. The first-order valence-corrected chi connectivity index (χ1v) is 8.45. The number of halogens is 1. The predicted octanol–water partition coefficient (Wildman–Crippen LogP) is 2.70. The maximum Gasteiger partial charge on any atom is 0.243 e. The SMILES string of the molecule is CCC(C)NC(=O)C1CSC(c2cccc(F)c2)N1C(C)=O. The molecule has 1 fully saturated rings. The number of hydrogen-bond acceptors (Lipinski definition) is 3. The van der Waals surface area contributed by atoms with Gasteiger partial charge in [0.1, 0.15) is 17.2 Å². The van der Waals surface area contributed by atoms with Crippen molar-refractivity contribution in [2.75, 3.05) is 5.75 Å². The topological polar surface area (TPSA) is 49.4 Å². The van der Waals surface area contributed by atoms with E-state index in [1.165, 1.54) is 30.8 Å². The van der Waals surface area contributed by atoms with Gasteiger partial charge in [0.2, 0.25) is 11.8 Å². The molecule has 120 valence electrons. The molecule has 0 aromatic heterocycles. The molecule has 0 spiro atoms. The van der Waals surface area contributed by atoms with Gasteiger partial charge in [-0.05, 0) is 31.0 Å². The fourth-order valence-electron chi connectivity index (χ4n) is 2.45. The van der Waals surface area contributed by atoms with Crippen molar-refractivity contribution in [1.29, 1.82) is 0 Å². The average molecular weight is 324 g/mol. The summed E-state index contributed by atoms with van der Waals surface area (Å²) in [6, 6.07) is 5.75. The molecule has 1 aromatic carbocycles. The summed E-state index contributed by atoms with van der Waals surface area (Å²) >= 11 is 1.49. The minimum Gasteiger partial charge on any atom is -0.352 e.